The van der Waals surface area contributed by atoms with Crippen molar-refractivity contribution >= 4 is 63.0 Å². The largest absolute Gasteiger partial charge is 0.465 e. The Morgan fingerprint density at radius 2 is 1.89 bits per heavy atom. The summed E-state index contributed by atoms with van der Waals surface area (Å²) in [5.41, 5.74) is 0.956. The number of esters is 1. The normalized spacial score (nSPS) is 13.2. The van der Waals surface area contributed by atoms with Gasteiger partial charge in [0.1, 0.15) is 5.00 Å². The number of thiophene rings is 1. The van der Waals surface area contributed by atoms with Gasteiger partial charge in [-0.05, 0) is 43.5 Å². The van der Waals surface area contributed by atoms with E-state index in [2.05, 4.69) is 10.6 Å². The zero-order chi connectivity index (χ0) is 19.7. The lowest BCUT2D eigenvalue weighted by atomic mass is 10.1. The van der Waals surface area contributed by atoms with E-state index in [1.807, 2.05) is 0 Å². The lowest BCUT2D eigenvalue weighted by molar-refractivity contribution is -0.117. The number of nitrogens with one attached hydrogen (secondary N) is 2. The SMILES string of the molecule is COC(=O)c1c(NC(=O)C2CC2)sc(C(=O)Nc2cc(Cl)ccc2Cl)c1C. The summed E-state index contributed by atoms with van der Waals surface area (Å²) in [6.45, 7) is 1.63. The van der Waals surface area contributed by atoms with Crippen molar-refractivity contribution < 1.29 is 19.1 Å². The Bertz CT molecular complexity index is 938. The molecule has 9 heteroatoms. The minimum absolute atomic E-state index is 0.0413. The molecule has 2 amide bonds. The van der Waals surface area contributed by atoms with Crippen molar-refractivity contribution in [2.24, 2.45) is 5.92 Å². The number of halogens is 2. The molecule has 1 heterocycles. The summed E-state index contributed by atoms with van der Waals surface area (Å²) in [4.78, 5) is 37.3. The summed E-state index contributed by atoms with van der Waals surface area (Å²) < 4.78 is 4.81. The van der Waals surface area contributed by atoms with Gasteiger partial charge in [-0.15, -0.1) is 11.3 Å². The van der Waals surface area contributed by atoms with Gasteiger partial charge >= 0.3 is 5.97 Å². The maximum atomic E-state index is 12.7. The zero-order valence-corrected chi connectivity index (χ0v) is 16.8. The van der Waals surface area contributed by atoms with E-state index < -0.39 is 11.9 Å². The Morgan fingerprint density at radius 1 is 1.19 bits per heavy atom. The molecule has 0 saturated heterocycles. The Balaban J connectivity index is 1.93. The van der Waals surface area contributed by atoms with Gasteiger partial charge in [0.25, 0.3) is 5.91 Å². The second kappa shape index (κ2) is 7.88. The Kier molecular flexibility index (Phi) is 5.74. The van der Waals surface area contributed by atoms with Crippen LogP contribution < -0.4 is 10.6 Å². The first-order valence-electron chi connectivity index (χ1n) is 8.10. The van der Waals surface area contributed by atoms with Crippen LogP contribution in [-0.4, -0.2) is 24.9 Å². The van der Waals surface area contributed by atoms with Crippen LogP contribution in [0.15, 0.2) is 18.2 Å². The number of hydrogen-bond donors (Lipinski definition) is 2. The number of amides is 2. The van der Waals surface area contributed by atoms with Gasteiger partial charge in [0.2, 0.25) is 5.91 Å². The van der Waals surface area contributed by atoms with Crippen molar-refractivity contribution in [3.05, 3.63) is 44.2 Å². The quantitative estimate of drug-likeness (QED) is 0.675. The molecule has 1 aromatic carbocycles. The molecule has 2 N–H and O–H groups in total. The number of rotatable bonds is 5. The average Bonchev–Trinajstić information content (AvgIpc) is 3.42. The minimum Gasteiger partial charge on any atom is -0.465 e. The van der Waals surface area contributed by atoms with Gasteiger partial charge in [0, 0.05) is 10.9 Å². The molecule has 1 aliphatic carbocycles. The monoisotopic (exact) mass is 426 g/mol. The van der Waals surface area contributed by atoms with Gasteiger partial charge in [-0.3, -0.25) is 9.59 Å². The van der Waals surface area contributed by atoms with Crippen LogP contribution in [0.2, 0.25) is 10.0 Å². The molecule has 0 atom stereocenters. The van der Waals surface area contributed by atoms with Crippen molar-refractivity contribution in [2.75, 3.05) is 17.7 Å². The van der Waals surface area contributed by atoms with Crippen LogP contribution in [0.4, 0.5) is 10.7 Å². The topological polar surface area (TPSA) is 84.5 Å². The van der Waals surface area contributed by atoms with Gasteiger partial charge in [0.15, 0.2) is 0 Å². The van der Waals surface area contributed by atoms with Crippen molar-refractivity contribution in [1.29, 1.82) is 0 Å². The fourth-order valence-electron chi connectivity index (χ4n) is 2.50. The highest BCUT2D eigenvalue weighted by Gasteiger charge is 2.32. The first-order chi connectivity index (χ1) is 12.8. The number of methoxy groups -OCH3 is 1. The number of carbonyl (C=O) groups excluding carboxylic acids is 3. The fourth-order valence-corrected chi connectivity index (χ4v) is 3.93. The molecule has 27 heavy (non-hydrogen) atoms. The van der Waals surface area contributed by atoms with Gasteiger partial charge in [-0.2, -0.15) is 0 Å². The minimum atomic E-state index is -0.616. The van der Waals surface area contributed by atoms with Gasteiger partial charge in [-0.1, -0.05) is 23.2 Å². The molecule has 0 aliphatic heterocycles. The van der Waals surface area contributed by atoms with Gasteiger partial charge in [-0.25, -0.2) is 4.79 Å². The molecule has 1 aliphatic rings. The fraction of sp³-hybridized carbons (Fsp3) is 0.278. The molecule has 1 aromatic heterocycles. The maximum absolute atomic E-state index is 12.7. The molecule has 0 bridgehead atoms. The van der Waals surface area contributed by atoms with E-state index in [9.17, 15) is 14.4 Å². The summed E-state index contributed by atoms with van der Waals surface area (Å²) in [6, 6.07) is 4.71. The smallest absolute Gasteiger partial charge is 0.341 e. The third kappa shape index (κ3) is 4.26. The molecular formula is C18H16Cl2N2O4S. The summed E-state index contributed by atoms with van der Waals surface area (Å²) in [7, 11) is 1.25. The van der Waals surface area contributed by atoms with Crippen LogP contribution in [0.1, 0.15) is 38.4 Å². The van der Waals surface area contributed by atoms with E-state index in [1.54, 1.807) is 19.1 Å². The highest BCUT2D eigenvalue weighted by Crippen LogP contribution is 2.37. The first kappa shape index (κ1) is 19.7. The van der Waals surface area contributed by atoms with Crippen LogP contribution in [0.25, 0.3) is 0 Å². The Hall–Kier alpha value is -2.09. The number of hydrogen-bond acceptors (Lipinski definition) is 5. The van der Waals surface area contributed by atoms with E-state index in [-0.39, 0.29) is 22.3 Å². The van der Waals surface area contributed by atoms with Crippen LogP contribution in [0, 0.1) is 12.8 Å². The summed E-state index contributed by atoms with van der Waals surface area (Å²) in [6.07, 6.45) is 1.65. The van der Waals surface area contributed by atoms with Crippen molar-refractivity contribution in [2.45, 2.75) is 19.8 Å². The van der Waals surface area contributed by atoms with Crippen LogP contribution in [-0.2, 0) is 9.53 Å². The van der Waals surface area contributed by atoms with E-state index in [1.165, 1.54) is 13.2 Å². The summed E-state index contributed by atoms with van der Waals surface area (Å²) in [5.74, 6) is -1.28. The first-order valence-corrected chi connectivity index (χ1v) is 9.68. The highest BCUT2D eigenvalue weighted by molar-refractivity contribution is 7.19. The summed E-state index contributed by atoms with van der Waals surface area (Å²) >= 11 is 13.1. The number of anilines is 2. The van der Waals surface area contributed by atoms with Crippen molar-refractivity contribution in [3.63, 3.8) is 0 Å². The Labute approximate surface area is 169 Å². The Morgan fingerprint density at radius 3 is 2.52 bits per heavy atom. The second-order valence-corrected chi connectivity index (χ2v) is 7.96. The number of carbonyl (C=O) groups is 3. The number of benzene rings is 1. The lowest BCUT2D eigenvalue weighted by Crippen LogP contribution is -2.15. The molecule has 3 rings (SSSR count). The maximum Gasteiger partial charge on any atom is 0.341 e. The van der Waals surface area contributed by atoms with Gasteiger partial charge < -0.3 is 15.4 Å². The third-order valence-electron chi connectivity index (χ3n) is 4.10. The van der Waals surface area contributed by atoms with E-state index in [0.717, 1.165) is 24.2 Å². The molecule has 0 spiro atoms. The molecule has 0 unspecified atom stereocenters. The predicted molar refractivity (Wildman–Crippen MR) is 106 cm³/mol. The lowest BCUT2D eigenvalue weighted by Gasteiger charge is -2.07. The van der Waals surface area contributed by atoms with E-state index in [0.29, 0.717) is 26.3 Å². The second-order valence-electron chi connectivity index (χ2n) is 6.09. The molecule has 1 fully saturated rings. The van der Waals surface area contributed by atoms with Crippen LogP contribution in [0.3, 0.4) is 0 Å². The molecule has 1 saturated carbocycles. The summed E-state index contributed by atoms with van der Waals surface area (Å²) in [5, 5.41) is 6.48. The van der Waals surface area contributed by atoms with Crippen LogP contribution in [0.5, 0.6) is 0 Å². The van der Waals surface area contributed by atoms with E-state index in [4.69, 9.17) is 27.9 Å². The molecule has 6 nitrogen and oxygen atoms in total. The molecule has 0 radical (unpaired) electrons. The standard InChI is InChI=1S/C18H16Cl2N2O4S/c1-8-13(18(25)26-2)17(22-15(23)9-3-4-9)27-14(8)16(24)21-12-7-10(19)5-6-11(12)20/h5-7,9H,3-4H2,1-2H3,(H,21,24)(H,22,23). The zero-order valence-electron chi connectivity index (χ0n) is 14.5. The average molecular weight is 427 g/mol. The molecule has 142 valence electrons. The molecule has 2 aromatic rings. The predicted octanol–water partition coefficient (Wildman–Crippen LogP) is 4.75. The molecular weight excluding hydrogens is 411 g/mol. The highest BCUT2D eigenvalue weighted by atomic mass is 35.5. The van der Waals surface area contributed by atoms with Crippen molar-refractivity contribution in [1.82, 2.24) is 0 Å². The van der Waals surface area contributed by atoms with E-state index >= 15 is 0 Å². The number of ether oxygens (including phenoxy) is 1. The van der Waals surface area contributed by atoms with Crippen LogP contribution >= 0.6 is 34.5 Å². The third-order valence-corrected chi connectivity index (χ3v) is 5.87. The van der Waals surface area contributed by atoms with Gasteiger partial charge in [0.05, 0.1) is 28.3 Å². The van der Waals surface area contributed by atoms with Crippen molar-refractivity contribution in [3.8, 4) is 0 Å².